The van der Waals surface area contributed by atoms with E-state index in [1.807, 2.05) is 36.4 Å². The van der Waals surface area contributed by atoms with Gasteiger partial charge in [0.1, 0.15) is 0 Å². The van der Waals surface area contributed by atoms with Gasteiger partial charge in [-0.15, -0.1) is 11.1 Å². The minimum absolute atomic E-state index is 0. The summed E-state index contributed by atoms with van der Waals surface area (Å²) < 4.78 is 118. The van der Waals surface area contributed by atoms with E-state index in [0.29, 0.717) is 12.1 Å². The van der Waals surface area contributed by atoms with Gasteiger partial charge in [0.15, 0.2) is 0 Å². The van der Waals surface area contributed by atoms with Crippen molar-refractivity contribution in [2.24, 2.45) is 0 Å². The van der Waals surface area contributed by atoms with E-state index in [4.69, 9.17) is 0 Å². The Morgan fingerprint density at radius 3 is 0.690 bits per heavy atom. The number of benzene rings is 8. The Kier molecular flexibility index (Phi) is 31.0. The van der Waals surface area contributed by atoms with Crippen molar-refractivity contribution >= 4 is 79.1 Å². The molecule has 0 N–H and O–H groups in total. The molecule has 8 aromatic rings. The van der Waals surface area contributed by atoms with Crippen LogP contribution in [-0.2, 0) is 40.8 Å². The third kappa shape index (κ3) is 35.5. The van der Waals surface area contributed by atoms with E-state index in [1.54, 1.807) is 10.6 Å². The monoisotopic (exact) mass is 1470 g/mol. The number of rotatable bonds is 19. The van der Waals surface area contributed by atoms with Crippen LogP contribution < -0.4 is 31.8 Å². The van der Waals surface area contributed by atoms with Crippen molar-refractivity contribution in [3.8, 4) is 0 Å². The van der Waals surface area contributed by atoms with Gasteiger partial charge in [0.05, 0.1) is 0 Å². The van der Waals surface area contributed by atoms with Crippen LogP contribution in [0.25, 0.3) is 0 Å². The second kappa shape index (κ2) is 33.9. The summed E-state index contributed by atoms with van der Waals surface area (Å²) in [6.07, 6.45) is 7.60. The van der Waals surface area contributed by atoms with Crippen molar-refractivity contribution in [3.05, 3.63) is 254 Å². The number of nitrogens with zero attached hydrogens (tertiary/aromatic N) is 2. The van der Waals surface area contributed by atoms with Gasteiger partial charge in [0.25, 0.3) is 0 Å². The van der Waals surface area contributed by atoms with E-state index in [1.165, 1.54) is 69.3 Å². The Morgan fingerprint density at radius 2 is 0.500 bits per heavy atom. The maximum absolute atomic E-state index is 10.7. The van der Waals surface area contributed by atoms with Gasteiger partial charge in [-0.1, -0.05) is 198 Å². The first-order valence-electron chi connectivity index (χ1n) is 25.9. The smallest absolute Gasteiger partial charge is 0.0746 e. The molecule has 4 atom stereocenters. The topological polar surface area (TPSA) is 6.48 Å². The van der Waals surface area contributed by atoms with E-state index in [0.717, 1.165) is 0 Å². The van der Waals surface area contributed by atoms with Crippen LogP contribution in [0.4, 0.5) is 50.4 Å². The molecule has 0 amide bonds. The summed E-state index contributed by atoms with van der Waals surface area (Å²) in [6, 6.07) is 91.4. The Labute approximate surface area is 521 Å². The van der Waals surface area contributed by atoms with Crippen LogP contribution in [-0.4, -0.2) is 75.0 Å². The van der Waals surface area contributed by atoms with Crippen LogP contribution in [0, 0.1) is 12.1 Å². The first kappa shape index (κ1) is 76.8. The van der Waals surface area contributed by atoms with Crippen LogP contribution in [0.1, 0.15) is 37.1 Å². The fraction of sp³-hybridized carbons (Fsp3) is 0.226. The Morgan fingerprint density at radius 1 is 0.310 bits per heavy atom. The molecule has 0 aliphatic heterocycles. The molecule has 0 unspecified atom stereocenters. The van der Waals surface area contributed by atoms with E-state index in [2.05, 4.69) is 258 Å². The molecular formula is C62H70F12N2P6Pd2. The van der Waals surface area contributed by atoms with Crippen molar-refractivity contribution in [2.45, 2.75) is 25.9 Å². The normalized spacial score (nSPS) is 14.3. The second-order valence-corrected chi connectivity index (χ2v) is 32.6. The first-order chi connectivity index (χ1) is 38.2. The molecule has 84 heavy (non-hydrogen) atoms. The molecule has 0 radical (unpaired) electrons. The summed E-state index contributed by atoms with van der Waals surface area (Å²) in [5, 5.41) is 9.10. The van der Waals surface area contributed by atoms with Gasteiger partial charge in [-0.3, -0.25) is 0 Å². The minimum atomic E-state index is -10.7. The van der Waals surface area contributed by atoms with Crippen molar-refractivity contribution in [3.63, 3.8) is 0 Å². The third-order valence-electron chi connectivity index (χ3n) is 12.3. The largest absolute Gasteiger partial charge is 2.00 e. The molecule has 22 heteroatoms. The molecule has 0 fully saturated rings. The zero-order valence-electron chi connectivity index (χ0n) is 47.1. The quantitative estimate of drug-likeness (QED) is 0.0345. The molecule has 0 saturated heterocycles. The van der Waals surface area contributed by atoms with Gasteiger partial charge in [0, 0.05) is 12.1 Å². The van der Waals surface area contributed by atoms with Crippen LogP contribution in [0.5, 0.6) is 0 Å². The van der Waals surface area contributed by atoms with E-state index in [9.17, 15) is 50.4 Å². The molecule has 0 aromatic heterocycles. The standard InChI is InChI=1S/C42H42P4.2C10H14N.2F6P.2Pd/c1-7-19-37(20-8-1)43(33-35-45(39-23-11-3-12-24-39)40-25-13-4-14-26-40)31-32-44(38-21-9-2-10-22-38)34-36-46(41-27-15-5-16-28-41)42-29-17-6-18-30-42;2*1-9(11(2)3)10-7-5-4-6-8-10;2*1-7(2,3,4,5)6;;/h1-30H,31-36H2;2*4-7,9H,1-3H3;;;;/q;4*-1;2*+2/t43-,44-;2*9-;;;;/m111..../s1. The van der Waals surface area contributed by atoms with Gasteiger partial charge < -0.3 is 9.80 Å². The average Bonchev–Trinajstić information content (AvgIpc) is 3.40. The minimum Gasteiger partial charge on any atom is -0.0746 e. The predicted octanol–water partition coefficient (Wildman–Crippen LogP) is 19.8. The molecule has 8 rings (SSSR count). The maximum atomic E-state index is 9.87. The summed E-state index contributed by atoms with van der Waals surface area (Å²) in [5.41, 5.74) is 2.50. The molecule has 0 saturated carbocycles. The van der Waals surface area contributed by atoms with Gasteiger partial charge in [-0.25, -0.2) is 0 Å². The number of hydrogen-bond donors (Lipinski definition) is 0. The Bertz CT molecular complexity index is 2710. The van der Waals surface area contributed by atoms with Crippen LogP contribution in [0.2, 0.25) is 0 Å². The van der Waals surface area contributed by atoms with Gasteiger partial charge in [-0.2, -0.15) is 60.7 Å². The number of halogens is 12. The predicted molar refractivity (Wildman–Crippen MR) is 335 cm³/mol. The summed E-state index contributed by atoms with van der Waals surface area (Å²) in [6.45, 7) is 4.34. The molecule has 2 nitrogen and oxygen atoms in total. The summed E-state index contributed by atoms with van der Waals surface area (Å²) >= 11 is 0. The van der Waals surface area contributed by atoms with Gasteiger partial charge >= 0.3 is 107 Å². The zero-order chi connectivity index (χ0) is 60.6. The molecule has 0 heterocycles. The van der Waals surface area contributed by atoms with Crippen LogP contribution in [0.15, 0.2) is 231 Å². The Hall–Kier alpha value is -3.26. The summed E-state index contributed by atoms with van der Waals surface area (Å²) in [7, 11) is -14.3. The molecule has 462 valence electrons. The maximum Gasteiger partial charge on any atom is 2.00 e. The first-order valence-corrected chi connectivity index (χ1v) is 36.5. The third-order valence-corrected chi connectivity index (χ3v) is 23.5. The van der Waals surface area contributed by atoms with E-state index >= 15 is 0 Å². The average molecular weight is 1470 g/mol. The fourth-order valence-electron chi connectivity index (χ4n) is 7.84. The Balaban J connectivity index is 0.000000510. The molecule has 0 spiro atoms. The zero-order valence-corrected chi connectivity index (χ0v) is 55.6. The van der Waals surface area contributed by atoms with Crippen molar-refractivity contribution in [1.29, 1.82) is 0 Å². The molecule has 8 aromatic carbocycles. The molecular weight excluding hydrogens is 1400 g/mol. The molecule has 0 aliphatic rings. The molecule has 0 bridgehead atoms. The van der Waals surface area contributed by atoms with Crippen LogP contribution >= 0.6 is 47.3 Å². The fourth-order valence-corrected chi connectivity index (χ4v) is 19.7. The summed E-state index contributed by atoms with van der Waals surface area (Å²) in [4.78, 5) is 4.34. The van der Waals surface area contributed by atoms with Gasteiger partial charge in [0.2, 0.25) is 0 Å². The second-order valence-electron chi connectivity index (χ2n) is 19.1. The SMILES string of the molecule is C[C@H](c1[c-]cccc1)N(C)C.C[C@H](c1[c-]cccc1)N(C)C.F[P-](F)(F)(F)(F)F.F[P-](F)(F)(F)(F)F.[Pd+2].[Pd+2].c1ccc(P(CC[P@@](CC[P@](CCP(c2ccccc2)c2ccccc2)c2ccccc2)c2ccccc2)c2ccccc2)cc1. The van der Waals surface area contributed by atoms with E-state index < -0.39 is 15.6 Å². The van der Waals surface area contributed by atoms with Crippen LogP contribution in [0.3, 0.4) is 0 Å². The van der Waals surface area contributed by atoms with Gasteiger partial charge in [-0.05, 0) is 127 Å². The van der Waals surface area contributed by atoms with Crippen molar-refractivity contribution in [1.82, 2.24) is 9.80 Å². The van der Waals surface area contributed by atoms with E-state index in [-0.39, 0.29) is 72.5 Å². The van der Waals surface area contributed by atoms with Crippen molar-refractivity contribution in [2.75, 3.05) is 65.2 Å². The number of hydrogen-bond acceptors (Lipinski definition) is 2. The van der Waals surface area contributed by atoms with Crippen molar-refractivity contribution < 1.29 is 91.2 Å². The molecule has 0 aliphatic carbocycles. The summed E-state index contributed by atoms with van der Waals surface area (Å²) in [5.74, 6) is 0.